The van der Waals surface area contributed by atoms with Crippen molar-refractivity contribution in [1.29, 1.82) is 0 Å². The number of hydrogen-bond donors (Lipinski definition) is 1. The topological polar surface area (TPSA) is 12.0 Å². The molecule has 0 aromatic heterocycles. The van der Waals surface area contributed by atoms with Crippen LogP contribution in [-0.4, -0.2) is 6.54 Å². The lowest BCUT2D eigenvalue weighted by Crippen LogP contribution is -2.13. The number of nitrogens with one attached hydrogen (secondary N) is 1. The zero-order chi connectivity index (χ0) is 9.68. The molecule has 2 heteroatoms. The van der Waals surface area contributed by atoms with E-state index in [9.17, 15) is 4.39 Å². The second-order valence-corrected chi connectivity index (χ2v) is 2.89. The van der Waals surface area contributed by atoms with E-state index in [1.165, 1.54) is 6.07 Å². The first-order valence-corrected chi connectivity index (χ1v) is 4.13. The lowest BCUT2D eigenvalue weighted by Gasteiger charge is -2.02. The molecular formula is C11H12FN. The molecule has 0 unspecified atom stereocenters. The van der Waals surface area contributed by atoms with E-state index in [1.807, 2.05) is 6.07 Å². The van der Waals surface area contributed by atoms with Crippen molar-refractivity contribution >= 4 is 0 Å². The Morgan fingerprint density at radius 1 is 1.54 bits per heavy atom. The molecule has 0 radical (unpaired) electrons. The van der Waals surface area contributed by atoms with Gasteiger partial charge in [0.15, 0.2) is 0 Å². The highest BCUT2D eigenvalue weighted by molar-refractivity contribution is 5.23. The van der Waals surface area contributed by atoms with Crippen molar-refractivity contribution in [2.75, 3.05) is 6.54 Å². The maximum atomic E-state index is 13.0. The highest BCUT2D eigenvalue weighted by Gasteiger charge is 1.97. The highest BCUT2D eigenvalue weighted by atomic mass is 19.1. The molecule has 1 N–H and O–H groups in total. The monoisotopic (exact) mass is 177 g/mol. The van der Waals surface area contributed by atoms with Crippen molar-refractivity contribution in [3.63, 3.8) is 0 Å². The van der Waals surface area contributed by atoms with Gasteiger partial charge in [-0.25, -0.2) is 4.39 Å². The number of halogens is 1. The van der Waals surface area contributed by atoms with E-state index < -0.39 is 0 Å². The molecular weight excluding hydrogens is 165 g/mol. The number of terminal acetylenes is 1. The Hall–Kier alpha value is -1.33. The molecule has 1 aromatic carbocycles. The Balaban J connectivity index is 2.59. The van der Waals surface area contributed by atoms with Crippen LogP contribution in [0.15, 0.2) is 18.2 Å². The van der Waals surface area contributed by atoms with E-state index >= 15 is 0 Å². The average molecular weight is 177 g/mol. The van der Waals surface area contributed by atoms with E-state index in [0.29, 0.717) is 18.7 Å². The average Bonchev–Trinajstić information content (AvgIpc) is 2.12. The van der Waals surface area contributed by atoms with Gasteiger partial charge in [-0.2, -0.15) is 0 Å². The molecule has 0 aliphatic heterocycles. The van der Waals surface area contributed by atoms with Gasteiger partial charge < -0.3 is 5.32 Å². The van der Waals surface area contributed by atoms with Gasteiger partial charge in [-0.05, 0) is 24.1 Å². The van der Waals surface area contributed by atoms with Crippen molar-refractivity contribution in [1.82, 2.24) is 5.32 Å². The lowest BCUT2D eigenvalue weighted by atomic mass is 10.1. The molecule has 0 bridgehead atoms. The highest BCUT2D eigenvalue weighted by Crippen LogP contribution is 2.08. The van der Waals surface area contributed by atoms with Gasteiger partial charge in [-0.15, -0.1) is 6.42 Å². The van der Waals surface area contributed by atoms with E-state index in [-0.39, 0.29) is 5.82 Å². The van der Waals surface area contributed by atoms with Crippen molar-refractivity contribution in [3.05, 3.63) is 35.1 Å². The molecule has 1 rings (SSSR count). The quantitative estimate of drug-likeness (QED) is 0.549. The Morgan fingerprint density at radius 2 is 2.31 bits per heavy atom. The van der Waals surface area contributed by atoms with Crippen LogP contribution in [0, 0.1) is 25.1 Å². The van der Waals surface area contributed by atoms with E-state index in [0.717, 1.165) is 5.56 Å². The van der Waals surface area contributed by atoms with Crippen molar-refractivity contribution in [3.8, 4) is 12.3 Å². The molecule has 0 spiro atoms. The number of rotatable bonds is 3. The Labute approximate surface area is 78.0 Å². The normalized spacial score (nSPS) is 9.62. The largest absolute Gasteiger partial charge is 0.302 e. The molecule has 0 atom stereocenters. The molecule has 13 heavy (non-hydrogen) atoms. The van der Waals surface area contributed by atoms with Crippen molar-refractivity contribution in [2.24, 2.45) is 0 Å². The van der Waals surface area contributed by atoms with Crippen LogP contribution in [-0.2, 0) is 6.54 Å². The molecule has 0 saturated carbocycles. The second kappa shape index (κ2) is 4.64. The maximum Gasteiger partial charge on any atom is 0.126 e. The Morgan fingerprint density at radius 3 is 2.92 bits per heavy atom. The van der Waals surface area contributed by atoms with Gasteiger partial charge in [0.05, 0.1) is 6.54 Å². The molecule has 0 aliphatic carbocycles. The molecule has 68 valence electrons. The third-order valence-electron chi connectivity index (χ3n) is 1.79. The van der Waals surface area contributed by atoms with Gasteiger partial charge in [0.1, 0.15) is 5.82 Å². The Kier molecular flexibility index (Phi) is 3.48. The summed E-state index contributed by atoms with van der Waals surface area (Å²) in [5.41, 5.74) is 1.58. The summed E-state index contributed by atoms with van der Waals surface area (Å²) in [6.45, 7) is 2.87. The third-order valence-corrected chi connectivity index (χ3v) is 1.79. The van der Waals surface area contributed by atoms with Gasteiger partial charge in [0.25, 0.3) is 0 Å². The third kappa shape index (κ3) is 2.89. The summed E-state index contributed by atoms with van der Waals surface area (Å²) >= 11 is 0. The number of hydrogen-bond acceptors (Lipinski definition) is 1. The van der Waals surface area contributed by atoms with Crippen LogP contribution in [0.2, 0.25) is 0 Å². The van der Waals surface area contributed by atoms with Crippen molar-refractivity contribution < 1.29 is 4.39 Å². The minimum absolute atomic E-state index is 0.167. The predicted molar refractivity (Wildman–Crippen MR) is 51.7 cm³/mol. The molecule has 0 fully saturated rings. The fourth-order valence-electron chi connectivity index (χ4n) is 1.03. The molecule has 0 saturated heterocycles. The van der Waals surface area contributed by atoms with Gasteiger partial charge in [-0.3, -0.25) is 0 Å². The van der Waals surface area contributed by atoms with Gasteiger partial charge in [0.2, 0.25) is 0 Å². The fourth-order valence-corrected chi connectivity index (χ4v) is 1.03. The van der Waals surface area contributed by atoms with Crippen LogP contribution in [0.5, 0.6) is 0 Å². The van der Waals surface area contributed by atoms with Crippen LogP contribution in [0.4, 0.5) is 4.39 Å². The minimum atomic E-state index is -0.167. The van der Waals surface area contributed by atoms with Crippen LogP contribution in [0.1, 0.15) is 11.1 Å². The minimum Gasteiger partial charge on any atom is -0.302 e. The van der Waals surface area contributed by atoms with Crippen LogP contribution in [0.3, 0.4) is 0 Å². The van der Waals surface area contributed by atoms with Crippen LogP contribution >= 0.6 is 0 Å². The second-order valence-electron chi connectivity index (χ2n) is 2.89. The lowest BCUT2D eigenvalue weighted by molar-refractivity contribution is 0.614. The first-order valence-electron chi connectivity index (χ1n) is 4.13. The molecule has 1 aromatic rings. The maximum absolute atomic E-state index is 13.0. The van der Waals surface area contributed by atoms with E-state index in [4.69, 9.17) is 6.42 Å². The van der Waals surface area contributed by atoms with Gasteiger partial charge >= 0.3 is 0 Å². The first-order chi connectivity index (χ1) is 6.24. The van der Waals surface area contributed by atoms with E-state index in [2.05, 4.69) is 11.2 Å². The molecule has 0 heterocycles. The summed E-state index contributed by atoms with van der Waals surface area (Å²) in [5, 5.41) is 3.00. The summed E-state index contributed by atoms with van der Waals surface area (Å²) in [6, 6.07) is 5.18. The zero-order valence-corrected chi connectivity index (χ0v) is 7.60. The van der Waals surface area contributed by atoms with Gasteiger partial charge in [-0.1, -0.05) is 18.1 Å². The van der Waals surface area contributed by atoms with Crippen LogP contribution < -0.4 is 5.32 Å². The summed E-state index contributed by atoms with van der Waals surface area (Å²) < 4.78 is 13.0. The SMILES string of the molecule is C#CCNCc1ccc(C)c(F)c1. The summed E-state index contributed by atoms with van der Waals surface area (Å²) in [5.74, 6) is 2.29. The number of benzene rings is 1. The Bertz CT molecular complexity index is 325. The number of aryl methyl sites for hydroxylation is 1. The van der Waals surface area contributed by atoms with Gasteiger partial charge in [0, 0.05) is 6.54 Å². The summed E-state index contributed by atoms with van der Waals surface area (Å²) in [7, 11) is 0. The molecule has 1 nitrogen and oxygen atoms in total. The summed E-state index contributed by atoms with van der Waals surface area (Å²) in [6.07, 6.45) is 5.06. The smallest absolute Gasteiger partial charge is 0.126 e. The fraction of sp³-hybridized carbons (Fsp3) is 0.273. The first kappa shape index (κ1) is 9.76. The molecule has 0 amide bonds. The van der Waals surface area contributed by atoms with Crippen molar-refractivity contribution in [2.45, 2.75) is 13.5 Å². The van der Waals surface area contributed by atoms with Crippen LogP contribution in [0.25, 0.3) is 0 Å². The predicted octanol–water partition coefficient (Wildman–Crippen LogP) is 1.86. The van der Waals surface area contributed by atoms with E-state index in [1.54, 1.807) is 13.0 Å². The standard InChI is InChI=1S/C11H12FN/c1-3-6-13-8-10-5-4-9(2)11(12)7-10/h1,4-5,7,13H,6,8H2,2H3. The molecule has 0 aliphatic rings. The summed E-state index contributed by atoms with van der Waals surface area (Å²) in [4.78, 5) is 0. The zero-order valence-electron chi connectivity index (χ0n) is 7.60.